The van der Waals surface area contributed by atoms with Gasteiger partial charge in [0.2, 0.25) is 11.8 Å². The zero-order valence-corrected chi connectivity index (χ0v) is 29.8. The van der Waals surface area contributed by atoms with Crippen LogP contribution in [0.15, 0.2) is 10.1 Å². The van der Waals surface area contributed by atoms with Crippen molar-refractivity contribution in [1.82, 2.24) is 16.1 Å². The topological polar surface area (TPSA) is 97.0 Å². The Morgan fingerprint density at radius 1 is 0.400 bits per heavy atom. The molecule has 0 aromatic rings. The first-order valence-corrected chi connectivity index (χ1v) is 19.6. The molecule has 0 atom stereocenters. The molecular formula is C38H72N5O2. The average Bonchev–Trinajstić information content (AvgIpc) is 3.47. The number of nitrogens with zero attached hydrogens (tertiary/aromatic N) is 3. The van der Waals surface area contributed by atoms with Crippen molar-refractivity contribution in [3.8, 4) is 0 Å². The Morgan fingerprint density at radius 2 is 0.667 bits per heavy atom. The van der Waals surface area contributed by atoms with Gasteiger partial charge in [0.05, 0.1) is 0 Å². The van der Waals surface area contributed by atoms with Crippen LogP contribution in [0, 0.1) is 0 Å². The highest BCUT2D eigenvalue weighted by molar-refractivity contribution is 6.09. The van der Waals surface area contributed by atoms with E-state index in [4.69, 9.17) is 0 Å². The molecule has 7 nitrogen and oxygen atoms in total. The van der Waals surface area contributed by atoms with E-state index < -0.39 is 0 Å². The van der Waals surface area contributed by atoms with Gasteiger partial charge in [0.15, 0.2) is 0 Å². The van der Waals surface area contributed by atoms with Gasteiger partial charge in [-0.3, -0.25) is 20.2 Å². The number of nitrogens with one attached hydrogen (secondary N) is 2. The molecule has 261 valence electrons. The maximum absolute atomic E-state index is 12.2. The smallest absolute Gasteiger partial charge is 0.252 e. The molecule has 1 heterocycles. The zero-order valence-electron chi connectivity index (χ0n) is 29.8. The summed E-state index contributed by atoms with van der Waals surface area (Å²) >= 11 is 0. The summed E-state index contributed by atoms with van der Waals surface area (Å²) in [4.78, 5) is 28.6. The summed E-state index contributed by atoms with van der Waals surface area (Å²) < 4.78 is 0. The second-order valence-electron chi connectivity index (χ2n) is 13.5. The fourth-order valence-corrected chi connectivity index (χ4v) is 6.03. The van der Waals surface area contributed by atoms with Gasteiger partial charge in [-0.25, -0.2) is 0 Å². The third-order valence-corrected chi connectivity index (χ3v) is 8.97. The van der Waals surface area contributed by atoms with Gasteiger partial charge < -0.3 is 0 Å². The Morgan fingerprint density at radius 3 is 0.978 bits per heavy atom. The number of rotatable bonds is 32. The van der Waals surface area contributed by atoms with Crippen LogP contribution in [-0.2, 0) is 9.59 Å². The van der Waals surface area contributed by atoms with E-state index in [0.717, 1.165) is 25.7 Å². The first-order chi connectivity index (χ1) is 22.2. The van der Waals surface area contributed by atoms with Crippen molar-refractivity contribution in [2.24, 2.45) is 10.1 Å². The first-order valence-electron chi connectivity index (χ1n) is 19.6. The van der Waals surface area contributed by atoms with Crippen LogP contribution in [0.25, 0.3) is 0 Å². The van der Waals surface area contributed by atoms with Crippen LogP contribution in [0.3, 0.4) is 0 Å². The van der Waals surface area contributed by atoms with Gasteiger partial charge in [0.1, 0.15) is 0 Å². The molecule has 2 amide bonds. The number of amides is 2. The van der Waals surface area contributed by atoms with Crippen molar-refractivity contribution in [3.63, 3.8) is 0 Å². The molecule has 0 aliphatic carbocycles. The molecule has 0 spiro atoms. The fraction of sp³-hybridized carbons (Fsp3) is 0.895. The molecule has 0 saturated carbocycles. The molecule has 1 rings (SSSR count). The highest BCUT2D eigenvalue weighted by Crippen LogP contribution is 2.15. The molecule has 0 saturated heterocycles. The van der Waals surface area contributed by atoms with Crippen LogP contribution in [0.4, 0.5) is 0 Å². The lowest BCUT2D eigenvalue weighted by molar-refractivity contribution is -0.120. The van der Waals surface area contributed by atoms with E-state index in [1.165, 1.54) is 167 Å². The van der Waals surface area contributed by atoms with E-state index in [-0.39, 0.29) is 23.7 Å². The summed E-state index contributed by atoms with van der Waals surface area (Å²) in [5.74, 6) is 0.159. The summed E-state index contributed by atoms with van der Waals surface area (Å²) in [5, 5.41) is 9.32. The van der Waals surface area contributed by atoms with Gasteiger partial charge in [0.25, 0.3) is 11.9 Å². The van der Waals surface area contributed by atoms with Crippen LogP contribution < -0.4 is 16.1 Å². The maximum atomic E-state index is 12.2. The average molecular weight is 631 g/mol. The van der Waals surface area contributed by atoms with Crippen molar-refractivity contribution in [3.05, 3.63) is 0 Å². The summed E-state index contributed by atoms with van der Waals surface area (Å²) in [6.45, 7) is 4.55. The summed E-state index contributed by atoms with van der Waals surface area (Å²) in [5.41, 5.74) is 3.90. The van der Waals surface area contributed by atoms with E-state index in [0.29, 0.717) is 12.8 Å². The Hall–Kier alpha value is -1.92. The molecule has 1 aliphatic rings. The lowest BCUT2D eigenvalue weighted by atomic mass is 10.0. The van der Waals surface area contributed by atoms with E-state index in [1.807, 2.05) is 0 Å². The summed E-state index contributed by atoms with van der Waals surface area (Å²) in [6.07, 6.45) is 40.1. The third kappa shape index (κ3) is 28.1. The molecule has 0 fully saturated rings. The normalized spacial score (nSPS) is 12.6. The van der Waals surface area contributed by atoms with Crippen molar-refractivity contribution >= 4 is 23.7 Å². The quantitative estimate of drug-likeness (QED) is 0.0723. The van der Waals surface area contributed by atoms with Crippen LogP contribution in [0.1, 0.15) is 219 Å². The van der Waals surface area contributed by atoms with E-state index in [1.54, 1.807) is 0 Å². The van der Waals surface area contributed by atoms with Crippen LogP contribution in [0.2, 0.25) is 0 Å². The molecule has 0 bridgehead atoms. The predicted octanol–water partition coefficient (Wildman–Crippen LogP) is 11.0. The number of hydrogen-bond acceptors (Lipinski definition) is 4. The van der Waals surface area contributed by atoms with Crippen LogP contribution in [0.5, 0.6) is 0 Å². The minimum atomic E-state index is -0.0900. The van der Waals surface area contributed by atoms with Crippen molar-refractivity contribution in [2.45, 2.75) is 219 Å². The van der Waals surface area contributed by atoms with Gasteiger partial charge in [0, 0.05) is 12.8 Å². The van der Waals surface area contributed by atoms with Gasteiger partial charge in [-0.15, -0.1) is 10.5 Å². The van der Waals surface area contributed by atoms with Crippen LogP contribution in [-0.4, -0.2) is 23.7 Å². The van der Waals surface area contributed by atoms with Gasteiger partial charge >= 0.3 is 0 Å². The Bertz CT molecular complexity index is 767. The van der Waals surface area contributed by atoms with Crippen LogP contribution >= 0.6 is 0 Å². The maximum Gasteiger partial charge on any atom is 0.252 e. The molecule has 2 N–H and O–H groups in total. The Kier molecular flexibility index (Phi) is 29.3. The second kappa shape index (κ2) is 32.0. The lowest BCUT2D eigenvalue weighted by Gasteiger charge is -2.04. The molecule has 0 unspecified atom stereocenters. The van der Waals surface area contributed by atoms with Crippen molar-refractivity contribution < 1.29 is 9.59 Å². The highest BCUT2D eigenvalue weighted by Gasteiger charge is 2.16. The Balaban J connectivity index is 1.88. The minimum absolute atomic E-state index is 0.0900. The Labute approximate surface area is 278 Å². The third-order valence-electron chi connectivity index (χ3n) is 8.97. The number of carbonyl (C=O) groups excluding carboxylic acids is 2. The standard InChI is InChI=1S/C38H72N5O2/c1-3-5-7-9-11-13-15-17-19-21-23-25-27-29-31-33-35(44)39-37-41-38(43-42-37)40-36(45)34-32-30-28-26-24-22-20-18-16-14-12-10-8-6-4-2/h3-34H2,1-2H3,(H2,39,40,41,42,44,45). The number of carbonyl (C=O) groups is 2. The van der Waals surface area contributed by atoms with E-state index in [9.17, 15) is 9.59 Å². The van der Waals surface area contributed by atoms with Gasteiger partial charge in [-0.05, 0) is 12.8 Å². The number of aliphatic imine (C=N–C) groups is 1. The van der Waals surface area contributed by atoms with Crippen molar-refractivity contribution in [2.75, 3.05) is 0 Å². The molecule has 45 heavy (non-hydrogen) atoms. The SMILES string of the molecule is CCCCCCCCCCCCCCCCCC(=O)NC1=NC(NC(=O)CCCCCCCCCCCCCCCCC)=N[N]1. The highest BCUT2D eigenvalue weighted by atomic mass is 16.2. The molecule has 7 heteroatoms. The largest absolute Gasteiger partial charge is 0.293 e. The number of hydrogen-bond donors (Lipinski definition) is 2. The first kappa shape index (κ1) is 41.1. The fourth-order valence-electron chi connectivity index (χ4n) is 6.03. The number of guanidine groups is 2. The lowest BCUT2D eigenvalue weighted by Crippen LogP contribution is -2.34. The molecule has 0 aromatic heterocycles. The van der Waals surface area contributed by atoms with Crippen molar-refractivity contribution in [1.29, 1.82) is 0 Å². The predicted molar refractivity (Wildman–Crippen MR) is 192 cm³/mol. The number of unbranched alkanes of at least 4 members (excludes halogenated alkanes) is 28. The minimum Gasteiger partial charge on any atom is -0.293 e. The van der Waals surface area contributed by atoms with Gasteiger partial charge in [-0.2, -0.15) is 4.99 Å². The zero-order chi connectivity index (χ0) is 32.5. The second-order valence-corrected chi connectivity index (χ2v) is 13.5. The molecule has 0 aromatic carbocycles. The molecule has 1 aliphatic heterocycles. The van der Waals surface area contributed by atoms with Gasteiger partial charge in [-0.1, -0.05) is 194 Å². The molecular weight excluding hydrogens is 558 g/mol. The van der Waals surface area contributed by atoms with E-state index >= 15 is 0 Å². The summed E-state index contributed by atoms with van der Waals surface area (Å²) in [6, 6.07) is 0. The van der Waals surface area contributed by atoms with E-state index in [2.05, 4.69) is 40.0 Å². The summed E-state index contributed by atoms with van der Waals surface area (Å²) in [7, 11) is 0. The monoisotopic (exact) mass is 631 g/mol. The molecule has 1 radical (unpaired) electrons.